The SMILES string of the molecule is COc1ccc(N2CCN(CC(=O)N3CCN(c4ccccc4)CC3)CC2)cc1. The molecule has 6 nitrogen and oxygen atoms in total. The molecule has 2 aromatic carbocycles. The summed E-state index contributed by atoms with van der Waals surface area (Å²) in [6.45, 7) is 7.68. The molecule has 2 heterocycles. The number of methoxy groups -OCH3 is 1. The highest BCUT2D eigenvalue weighted by Crippen LogP contribution is 2.21. The quantitative estimate of drug-likeness (QED) is 0.777. The molecular formula is C23H30N4O2. The van der Waals surface area contributed by atoms with Gasteiger partial charge < -0.3 is 19.4 Å². The van der Waals surface area contributed by atoms with Gasteiger partial charge in [0.05, 0.1) is 13.7 Å². The summed E-state index contributed by atoms with van der Waals surface area (Å²) < 4.78 is 5.23. The molecule has 2 saturated heterocycles. The van der Waals surface area contributed by atoms with Crippen LogP contribution in [0.3, 0.4) is 0 Å². The van der Waals surface area contributed by atoms with Crippen LogP contribution in [0.15, 0.2) is 54.6 Å². The number of nitrogens with zero attached hydrogens (tertiary/aromatic N) is 4. The Morgan fingerprint density at radius 3 is 1.90 bits per heavy atom. The molecule has 2 fully saturated rings. The van der Waals surface area contributed by atoms with Crippen molar-refractivity contribution < 1.29 is 9.53 Å². The molecule has 0 bridgehead atoms. The van der Waals surface area contributed by atoms with E-state index in [1.54, 1.807) is 7.11 Å². The Hall–Kier alpha value is -2.73. The van der Waals surface area contributed by atoms with E-state index >= 15 is 0 Å². The number of rotatable bonds is 5. The third kappa shape index (κ3) is 4.82. The van der Waals surface area contributed by atoms with E-state index in [2.05, 4.69) is 51.1 Å². The maximum Gasteiger partial charge on any atom is 0.236 e. The number of amides is 1. The third-order valence-electron chi connectivity index (χ3n) is 5.92. The zero-order chi connectivity index (χ0) is 20.1. The van der Waals surface area contributed by atoms with Gasteiger partial charge in [-0.15, -0.1) is 0 Å². The number of benzene rings is 2. The normalized spacial score (nSPS) is 18.0. The van der Waals surface area contributed by atoms with Gasteiger partial charge >= 0.3 is 0 Å². The van der Waals surface area contributed by atoms with Crippen molar-refractivity contribution in [3.8, 4) is 5.75 Å². The second-order valence-electron chi connectivity index (χ2n) is 7.66. The van der Waals surface area contributed by atoms with Gasteiger partial charge in [0.25, 0.3) is 0 Å². The minimum Gasteiger partial charge on any atom is -0.497 e. The maximum absolute atomic E-state index is 12.8. The minimum absolute atomic E-state index is 0.260. The van der Waals surface area contributed by atoms with Crippen molar-refractivity contribution in [2.75, 3.05) is 75.8 Å². The summed E-state index contributed by atoms with van der Waals surface area (Å²) in [6.07, 6.45) is 0. The molecule has 154 valence electrons. The minimum atomic E-state index is 0.260. The van der Waals surface area contributed by atoms with Gasteiger partial charge in [0.15, 0.2) is 0 Å². The number of anilines is 2. The second-order valence-corrected chi connectivity index (χ2v) is 7.66. The van der Waals surface area contributed by atoms with Crippen LogP contribution >= 0.6 is 0 Å². The van der Waals surface area contributed by atoms with Crippen LogP contribution in [0, 0.1) is 0 Å². The van der Waals surface area contributed by atoms with Gasteiger partial charge in [-0.1, -0.05) is 18.2 Å². The molecule has 0 saturated carbocycles. The molecular weight excluding hydrogens is 364 g/mol. The second kappa shape index (κ2) is 9.18. The summed E-state index contributed by atoms with van der Waals surface area (Å²) in [5, 5.41) is 0. The van der Waals surface area contributed by atoms with Gasteiger partial charge in [0.2, 0.25) is 5.91 Å². The lowest BCUT2D eigenvalue weighted by Crippen LogP contribution is -2.54. The van der Waals surface area contributed by atoms with Crippen molar-refractivity contribution in [3.05, 3.63) is 54.6 Å². The molecule has 4 rings (SSSR count). The number of carbonyl (C=O) groups excluding carboxylic acids is 1. The lowest BCUT2D eigenvalue weighted by atomic mass is 10.2. The first-order chi connectivity index (χ1) is 14.2. The van der Waals surface area contributed by atoms with E-state index in [1.807, 2.05) is 23.1 Å². The van der Waals surface area contributed by atoms with Crippen LogP contribution in [-0.4, -0.2) is 81.7 Å². The van der Waals surface area contributed by atoms with E-state index in [9.17, 15) is 4.79 Å². The summed E-state index contributed by atoms with van der Waals surface area (Å²) in [4.78, 5) is 21.8. The number of hydrogen-bond acceptors (Lipinski definition) is 5. The maximum atomic E-state index is 12.8. The smallest absolute Gasteiger partial charge is 0.236 e. The molecule has 0 aliphatic carbocycles. The first-order valence-electron chi connectivity index (χ1n) is 10.4. The lowest BCUT2D eigenvalue weighted by molar-refractivity contribution is -0.132. The van der Waals surface area contributed by atoms with Gasteiger partial charge in [-0.05, 0) is 36.4 Å². The van der Waals surface area contributed by atoms with E-state index in [0.717, 1.165) is 58.1 Å². The molecule has 2 aromatic rings. The van der Waals surface area contributed by atoms with E-state index in [-0.39, 0.29) is 5.91 Å². The Balaban J connectivity index is 1.22. The van der Waals surface area contributed by atoms with Gasteiger partial charge in [-0.25, -0.2) is 0 Å². The molecule has 0 atom stereocenters. The van der Waals surface area contributed by atoms with E-state index < -0.39 is 0 Å². The molecule has 29 heavy (non-hydrogen) atoms. The third-order valence-corrected chi connectivity index (χ3v) is 5.92. The molecule has 0 radical (unpaired) electrons. The summed E-state index contributed by atoms with van der Waals surface area (Å²) in [6, 6.07) is 18.7. The largest absolute Gasteiger partial charge is 0.497 e. The van der Waals surface area contributed by atoms with Crippen LogP contribution in [0.5, 0.6) is 5.75 Å². The number of piperazine rings is 2. The average Bonchev–Trinajstić information content (AvgIpc) is 2.80. The summed E-state index contributed by atoms with van der Waals surface area (Å²) in [5.74, 6) is 1.14. The van der Waals surface area contributed by atoms with Gasteiger partial charge in [0, 0.05) is 63.7 Å². The fraction of sp³-hybridized carbons (Fsp3) is 0.435. The average molecular weight is 395 g/mol. The molecule has 2 aliphatic rings. The van der Waals surface area contributed by atoms with E-state index in [4.69, 9.17) is 4.74 Å². The van der Waals surface area contributed by atoms with Gasteiger partial charge in [-0.3, -0.25) is 9.69 Å². The van der Waals surface area contributed by atoms with Crippen molar-refractivity contribution in [3.63, 3.8) is 0 Å². The number of ether oxygens (including phenoxy) is 1. The lowest BCUT2D eigenvalue weighted by Gasteiger charge is -2.39. The van der Waals surface area contributed by atoms with Crippen LogP contribution in [0.1, 0.15) is 0 Å². The van der Waals surface area contributed by atoms with Crippen molar-refractivity contribution in [2.24, 2.45) is 0 Å². The van der Waals surface area contributed by atoms with E-state index in [0.29, 0.717) is 6.54 Å². The van der Waals surface area contributed by atoms with Gasteiger partial charge in [-0.2, -0.15) is 0 Å². The molecule has 0 N–H and O–H groups in total. The predicted octanol–water partition coefficient (Wildman–Crippen LogP) is 2.17. The molecule has 0 aromatic heterocycles. The van der Waals surface area contributed by atoms with Crippen LogP contribution in [0.4, 0.5) is 11.4 Å². The highest BCUT2D eigenvalue weighted by Gasteiger charge is 2.25. The topological polar surface area (TPSA) is 39.3 Å². The Bertz CT molecular complexity index is 780. The standard InChI is InChI=1S/C23H30N4O2/c1-29-22-9-7-21(8-10-22)25-13-11-24(12-14-25)19-23(28)27-17-15-26(16-18-27)20-5-3-2-4-6-20/h2-10H,11-19H2,1H3. The number of hydrogen-bond donors (Lipinski definition) is 0. The van der Waals surface area contributed by atoms with Crippen LogP contribution in [0.25, 0.3) is 0 Å². The first kappa shape index (κ1) is 19.6. The molecule has 2 aliphatic heterocycles. The Morgan fingerprint density at radius 2 is 1.31 bits per heavy atom. The van der Waals surface area contributed by atoms with Crippen LogP contribution in [-0.2, 0) is 4.79 Å². The Labute approximate surface area is 173 Å². The fourth-order valence-corrected chi connectivity index (χ4v) is 4.10. The highest BCUT2D eigenvalue weighted by atomic mass is 16.5. The van der Waals surface area contributed by atoms with E-state index in [1.165, 1.54) is 11.4 Å². The zero-order valence-corrected chi connectivity index (χ0v) is 17.2. The fourth-order valence-electron chi connectivity index (χ4n) is 4.10. The highest BCUT2D eigenvalue weighted by molar-refractivity contribution is 5.78. The Kier molecular flexibility index (Phi) is 6.20. The molecule has 0 unspecified atom stereocenters. The van der Waals surface area contributed by atoms with Crippen molar-refractivity contribution in [1.82, 2.24) is 9.80 Å². The monoisotopic (exact) mass is 394 g/mol. The van der Waals surface area contributed by atoms with Crippen molar-refractivity contribution in [1.29, 1.82) is 0 Å². The summed E-state index contributed by atoms with van der Waals surface area (Å²) in [7, 11) is 1.69. The number of para-hydroxylation sites is 1. The van der Waals surface area contributed by atoms with Crippen molar-refractivity contribution in [2.45, 2.75) is 0 Å². The van der Waals surface area contributed by atoms with Crippen LogP contribution < -0.4 is 14.5 Å². The van der Waals surface area contributed by atoms with Crippen LogP contribution in [0.2, 0.25) is 0 Å². The Morgan fingerprint density at radius 1 is 0.759 bits per heavy atom. The van der Waals surface area contributed by atoms with Crippen molar-refractivity contribution >= 4 is 17.3 Å². The molecule has 1 amide bonds. The summed E-state index contributed by atoms with van der Waals surface area (Å²) >= 11 is 0. The first-order valence-corrected chi connectivity index (χ1v) is 10.4. The molecule has 0 spiro atoms. The predicted molar refractivity (Wildman–Crippen MR) is 117 cm³/mol. The van der Waals surface area contributed by atoms with Gasteiger partial charge in [0.1, 0.15) is 5.75 Å². The summed E-state index contributed by atoms with van der Waals surface area (Å²) in [5.41, 5.74) is 2.46. The zero-order valence-electron chi connectivity index (χ0n) is 17.2. The number of carbonyl (C=O) groups is 1. The molecule has 6 heteroatoms.